The van der Waals surface area contributed by atoms with E-state index in [9.17, 15) is 9.18 Å². The number of carbonyl (C=O) groups is 1. The molecule has 3 aromatic rings. The number of benzene rings is 2. The first-order chi connectivity index (χ1) is 9.58. The number of carbonyl (C=O) groups excluding carboxylic acids is 1. The van der Waals surface area contributed by atoms with Crippen LogP contribution in [0.1, 0.15) is 15.9 Å². The van der Waals surface area contributed by atoms with Crippen LogP contribution in [0.2, 0.25) is 5.02 Å². The van der Waals surface area contributed by atoms with E-state index in [0.717, 1.165) is 5.52 Å². The maximum Gasteiger partial charge on any atom is 0.198 e. The van der Waals surface area contributed by atoms with Crippen molar-refractivity contribution >= 4 is 44.2 Å². The fraction of sp³-hybridized carbons (Fsp3) is 0. The summed E-state index contributed by atoms with van der Waals surface area (Å²) in [5.41, 5.74) is 1.12. The first kappa shape index (κ1) is 13.3. The fourth-order valence-corrected chi connectivity index (χ4v) is 2.77. The molecule has 0 saturated heterocycles. The topological polar surface area (TPSA) is 32.9 Å². The molecule has 0 aliphatic heterocycles. The van der Waals surface area contributed by atoms with Crippen molar-refractivity contribution in [2.45, 2.75) is 0 Å². The fourth-order valence-electron chi connectivity index (χ4n) is 2.14. The maximum atomic E-state index is 13.8. The molecule has 0 aliphatic rings. The van der Waals surface area contributed by atoms with E-state index >= 15 is 0 Å². The molecule has 1 heterocycles. The van der Waals surface area contributed by atoms with Gasteiger partial charge in [0.05, 0.1) is 10.6 Å². The van der Waals surface area contributed by atoms with Crippen LogP contribution in [0.15, 0.2) is 47.1 Å². The summed E-state index contributed by atoms with van der Waals surface area (Å²) in [6.07, 6.45) is 1.55. The molecule has 1 N–H and O–H groups in total. The molecule has 100 valence electrons. The Kier molecular flexibility index (Phi) is 3.36. The van der Waals surface area contributed by atoms with Gasteiger partial charge in [0.1, 0.15) is 5.82 Å². The maximum absolute atomic E-state index is 13.8. The van der Waals surface area contributed by atoms with E-state index in [2.05, 4.69) is 20.9 Å². The highest BCUT2D eigenvalue weighted by molar-refractivity contribution is 9.10. The summed E-state index contributed by atoms with van der Waals surface area (Å²) in [6.45, 7) is 0. The van der Waals surface area contributed by atoms with Crippen molar-refractivity contribution < 1.29 is 9.18 Å². The Morgan fingerprint density at radius 3 is 2.80 bits per heavy atom. The van der Waals surface area contributed by atoms with Gasteiger partial charge in [-0.15, -0.1) is 0 Å². The van der Waals surface area contributed by atoms with Gasteiger partial charge in [0.15, 0.2) is 5.78 Å². The number of aromatic nitrogens is 1. The normalized spacial score (nSPS) is 10.9. The smallest absolute Gasteiger partial charge is 0.198 e. The molecule has 3 rings (SSSR count). The van der Waals surface area contributed by atoms with Gasteiger partial charge in [-0.3, -0.25) is 4.79 Å². The average molecular weight is 353 g/mol. The van der Waals surface area contributed by atoms with Crippen molar-refractivity contribution in [3.05, 3.63) is 69.0 Å². The summed E-state index contributed by atoms with van der Waals surface area (Å²) >= 11 is 9.37. The summed E-state index contributed by atoms with van der Waals surface area (Å²) < 4.78 is 14.5. The summed E-state index contributed by atoms with van der Waals surface area (Å²) in [5.74, 6) is -0.956. The number of nitrogens with one attached hydrogen (secondary N) is 1. The first-order valence-corrected chi connectivity index (χ1v) is 7.00. The number of rotatable bonds is 2. The van der Waals surface area contributed by atoms with E-state index in [1.54, 1.807) is 24.4 Å². The van der Waals surface area contributed by atoms with Gasteiger partial charge in [-0.25, -0.2) is 4.39 Å². The van der Waals surface area contributed by atoms with Crippen molar-refractivity contribution in [1.29, 1.82) is 0 Å². The standard InChI is InChI=1S/C15H8BrClFNO/c16-8-4-5-12(18)9(6-8)15(20)10-7-19-13-3-1-2-11(17)14(10)13/h1-7,19H. The Labute approximate surface area is 127 Å². The van der Waals surface area contributed by atoms with Crippen molar-refractivity contribution in [2.24, 2.45) is 0 Å². The molecule has 20 heavy (non-hydrogen) atoms. The zero-order valence-corrected chi connectivity index (χ0v) is 12.4. The second-order valence-electron chi connectivity index (χ2n) is 4.32. The van der Waals surface area contributed by atoms with Gasteiger partial charge in [0.2, 0.25) is 0 Å². The summed E-state index contributed by atoms with van der Waals surface area (Å²) in [5, 5.41) is 1.07. The van der Waals surface area contributed by atoms with Crippen LogP contribution in [-0.2, 0) is 0 Å². The minimum Gasteiger partial charge on any atom is -0.360 e. The van der Waals surface area contributed by atoms with E-state index in [4.69, 9.17) is 11.6 Å². The van der Waals surface area contributed by atoms with Crippen LogP contribution in [0.3, 0.4) is 0 Å². The van der Waals surface area contributed by atoms with E-state index in [0.29, 0.717) is 20.4 Å². The second kappa shape index (κ2) is 5.04. The van der Waals surface area contributed by atoms with Gasteiger partial charge in [-0.2, -0.15) is 0 Å². The number of halogens is 3. The van der Waals surface area contributed by atoms with Gasteiger partial charge in [0, 0.05) is 27.1 Å². The quantitative estimate of drug-likeness (QED) is 0.650. The number of ketones is 1. The van der Waals surface area contributed by atoms with Crippen molar-refractivity contribution in [3.63, 3.8) is 0 Å². The van der Waals surface area contributed by atoms with Gasteiger partial charge >= 0.3 is 0 Å². The van der Waals surface area contributed by atoms with Crippen LogP contribution >= 0.6 is 27.5 Å². The molecule has 2 aromatic carbocycles. The lowest BCUT2D eigenvalue weighted by molar-refractivity contribution is 0.103. The molecule has 0 spiro atoms. The van der Waals surface area contributed by atoms with Gasteiger partial charge < -0.3 is 4.98 Å². The monoisotopic (exact) mass is 351 g/mol. The van der Waals surface area contributed by atoms with Crippen molar-refractivity contribution in [1.82, 2.24) is 4.98 Å². The summed E-state index contributed by atoms with van der Waals surface area (Å²) in [4.78, 5) is 15.5. The largest absolute Gasteiger partial charge is 0.360 e. The molecule has 0 aliphatic carbocycles. The minimum atomic E-state index is -0.556. The van der Waals surface area contributed by atoms with Gasteiger partial charge in [-0.05, 0) is 30.3 Å². The molecule has 2 nitrogen and oxygen atoms in total. The lowest BCUT2D eigenvalue weighted by Gasteiger charge is -2.03. The van der Waals surface area contributed by atoms with Crippen LogP contribution in [0.25, 0.3) is 10.9 Å². The molecule has 0 saturated carbocycles. The SMILES string of the molecule is O=C(c1cc(Br)ccc1F)c1c[nH]c2cccc(Cl)c12. The molecule has 0 atom stereocenters. The predicted molar refractivity (Wildman–Crippen MR) is 80.8 cm³/mol. The highest BCUT2D eigenvalue weighted by Crippen LogP contribution is 2.29. The first-order valence-electron chi connectivity index (χ1n) is 5.83. The summed E-state index contributed by atoms with van der Waals surface area (Å²) in [6, 6.07) is 9.57. The third kappa shape index (κ3) is 2.15. The molecular weight excluding hydrogens is 345 g/mol. The molecule has 0 bridgehead atoms. The van der Waals surface area contributed by atoms with E-state index in [1.165, 1.54) is 12.1 Å². The highest BCUT2D eigenvalue weighted by Gasteiger charge is 2.19. The molecule has 0 unspecified atom stereocenters. The van der Waals surface area contributed by atoms with E-state index in [1.807, 2.05) is 6.07 Å². The van der Waals surface area contributed by atoms with Crippen LogP contribution in [0.4, 0.5) is 4.39 Å². The molecule has 0 radical (unpaired) electrons. The van der Waals surface area contributed by atoms with Crippen LogP contribution in [0.5, 0.6) is 0 Å². The lowest BCUT2D eigenvalue weighted by atomic mass is 10.0. The minimum absolute atomic E-state index is 0.0141. The van der Waals surface area contributed by atoms with Crippen LogP contribution in [0, 0.1) is 5.82 Å². The lowest BCUT2D eigenvalue weighted by Crippen LogP contribution is -2.03. The number of H-pyrrole nitrogens is 1. The Balaban J connectivity index is 2.21. The molecular formula is C15H8BrClFNO. The second-order valence-corrected chi connectivity index (χ2v) is 5.64. The molecule has 5 heteroatoms. The van der Waals surface area contributed by atoms with Crippen LogP contribution in [-0.4, -0.2) is 10.8 Å². The Morgan fingerprint density at radius 2 is 2.00 bits per heavy atom. The number of hydrogen-bond donors (Lipinski definition) is 1. The van der Waals surface area contributed by atoms with Crippen molar-refractivity contribution in [2.75, 3.05) is 0 Å². The average Bonchev–Trinajstić information content (AvgIpc) is 2.86. The predicted octanol–water partition coefficient (Wildman–Crippen LogP) is 4.95. The van der Waals surface area contributed by atoms with E-state index in [-0.39, 0.29) is 5.56 Å². The van der Waals surface area contributed by atoms with Gasteiger partial charge in [-0.1, -0.05) is 33.6 Å². The zero-order valence-electron chi connectivity index (χ0n) is 10.1. The van der Waals surface area contributed by atoms with Crippen LogP contribution < -0.4 is 0 Å². The Bertz CT molecular complexity index is 828. The Hall–Kier alpha value is -1.65. The van der Waals surface area contributed by atoms with E-state index < -0.39 is 11.6 Å². The highest BCUT2D eigenvalue weighted by atomic mass is 79.9. The molecule has 1 aromatic heterocycles. The Morgan fingerprint density at radius 1 is 1.20 bits per heavy atom. The van der Waals surface area contributed by atoms with Gasteiger partial charge in [0.25, 0.3) is 0 Å². The van der Waals surface area contributed by atoms with Crippen molar-refractivity contribution in [3.8, 4) is 0 Å². The number of hydrogen-bond acceptors (Lipinski definition) is 1. The third-order valence-corrected chi connectivity index (χ3v) is 3.88. The number of aromatic amines is 1. The zero-order chi connectivity index (χ0) is 14.3. The number of fused-ring (bicyclic) bond motifs is 1. The summed E-state index contributed by atoms with van der Waals surface area (Å²) in [7, 11) is 0. The third-order valence-electron chi connectivity index (χ3n) is 3.07. The molecule has 0 fully saturated rings. The molecule has 0 amide bonds.